The molecule has 2 aromatic rings. The smallest absolute Gasteiger partial charge is 0.326 e. The monoisotopic (exact) mass is 397 g/mol. The zero-order valence-corrected chi connectivity index (χ0v) is 18.3. The number of methoxy groups -OCH3 is 1. The van der Waals surface area contributed by atoms with Gasteiger partial charge in [-0.05, 0) is 34.2 Å². The van der Waals surface area contributed by atoms with Crippen molar-refractivity contribution in [2.45, 2.75) is 44.2 Å². The summed E-state index contributed by atoms with van der Waals surface area (Å²) in [6, 6.07) is 21.1. The Morgan fingerprint density at radius 1 is 1.07 bits per heavy atom. The quantitative estimate of drug-likeness (QED) is 0.576. The standard InChI is InChI=1S/C23H31NO3Si/c1-22(2,3)28(19-11-7-5-8-12-19,20-13-9-6-10-14-20)27-16-15-18-17-23(18,24)21(25)26-4/h5-14,18H,15-17,24H2,1-4H3/t18-,23-/m1/s1. The number of hydrogen-bond donors (Lipinski definition) is 1. The lowest BCUT2D eigenvalue weighted by molar-refractivity contribution is -0.143. The summed E-state index contributed by atoms with van der Waals surface area (Å²) in [7, 11) is -1.13. The molecule has 0 unspecified atom stereocenters. The van der Waals surface area contributed by atoms with Crippen LogP contribution in [0, 0.1) is 5.92 Å². The van der Waals surface area contributed by atoms with Gasteiger partial charge in [0.1, 0.15) is 5.54 Å². The molecule has 0 aromatic heterocycles. The van der Waals surface area contributed by atoms with E-state index in [2.05, 4.69) is 69.3 Å². The molecule has 1 fully saturated rings. The van der Waals surface area contributed by atoms with Crippen LogP contribution in [0.3, 0.4) is 0 Å². The Morgan fingerprint density at radius 3 is 2.00 bits per heavy atom. The van der Waals surface area contributed by atoms with Gasteiger partial charge in [0.25, 0.3) is 8.32 Å². The second-order valence-corrected chi connectivity index (χ2v) is 13.0. The minimum atomic E-state index is -2.53. The van der Waals surface area contributed by atoms with Gasteiger partial charge in [-0.15, -0.1) is 0 Å². The van der Waals surface area contributed by atoms with E-state index in [1.54, 1.807) is 0 Å². The van der Waals surface area contributed by atoms with Crippen molar-refractivity contribution in [3.63, 3.8) is 0 Å². The Kier molecular flexibility index (Phi) is 5.80. The van der Waals surface area contributed by atoms with Gasteiger partial charge >= 0.3 is 5.97 Å². The number of benzene rings is 2. The van der Waals surface area contributed by atoms with Gasteiger partial charge in [0.15, 0.2) is 0 Å². The van der Waals surface area contributed by atoms with E-state index >= 15 is 0 Å². The zero-order valence-electron chi connectivity index (χ0n) is 17.3. The van der Waals surface area contributed by atoms with Crippen LogP contribution < -0.4 is 16.1 Å². The molecule has 2 N–H and O–H groups in total. The van der Waals surface area contributed by atoms with Crippen molar-refractivity contribution >= 4 is 24.7 Å². The minimum Gasteiger partial charge on any atom is -0.468 e. The molecule has 0 heterocycles. The molecule has 0 amide bonds. The molecular formula is C23H31NO3Si. The molecule has 1 aliphatic carbocycles. The van der Waals surface area contributed by atoms with E-state index in [1.165, 1.54) is 17.5 Å². The van der Waals surface area contributed by atoms with Gasteiger partial charge < -0.3 is 14.9 Å². The Labute approximate surface area is 169 Å². The maximum atomic E-state index is 11.9. The number of nitrogens with two attached hydrogens (primary N) is 1. The molecule has 150 valence electrons. The van der Waals surface area contributed by atoms with Crippen LogP contribution in [0.15, 0.2) is 60.7 Å². The Bertz CT molecular complexity index is 764. The summed E-state index contributed by atoms with van der Waals surface area (Å²) in [5.74, 6) is -0.193. The molecular weight excluding hydrogens is 366 g/mol. The van der Waals surface area contributed by atoms with E-state index in [4.69, 9.17) is 14.9 Å². The number of carbonyl (C=O) groups is 1. The molecule has 1 saturated carbocycles. The number of esters is 1. The second kappa shape index (κ2) is 7.82. The van der Waals surface area contributed by atoms with Crippen molar-refractivity contribution in [3.8, 4) is 0 Å². The molecule has 2 atom stereocenters. The summed E-state index contributed by atoms with van der Waals surface area (Å²) in [5.41, 5.74) is 5.35. The number of ether oxygens (including phenoxy) is 1. The predicted molar refractivity (Wildman–Crippen MR) is 115 cm³/mol. The summed E-state index contributed by atoms with van der Waals surface area (Å²) in [6.07, 6.45) is 1.43. The normalized spacial score (nSPS) is 22.0. The summed E-state index contributed by atoms with van der Waals surface area (Å²) < 4.78 is 11.7. The fourth-order valence-electron chi connectivity index (χ4n) is 4.26. The lowest BCUT2D eigenvalue weighted by Gasteiger charge is -2.43. The highest BCUT2D eigenvalue weighted by molar-refractivity contribution is 6.99. The van der Waals surface area contributed by atoms with Crippen LogP contribution in [-0.4, -0.2) is 33.5 Å². The maximum Gasteiger partial charge on any atom is 0.326 e. The third-order valence-corrected chi connectivity index (χ3v) is 11.0. The number of rotatable bonds is 7. The average Bonchev–Trinajstić information content (AvgIpc) is 3.36. The van der Waals surface area contributed by atoms with E-state index in [-0.39, 0.29) is 16.9 Å². The molecule has 0 radical (unpaired) electrons. The Morgan fingerprint density at radius 2 is 1.57 bits per heavy atom. The first-order valence-corrected chi connectivity index (χ1v) is 11.8. The predicted octanol–water partition coefficient (Wildman–Crippen LogP) is 2.84. The third kappa shape index (κ3) is 3.66. The van der Waals surface area contributed by atoms with Crippen molar-refractivity contribution < 1.29 is 14.0 Å². The average molecular weight is 398 g/mol. The topological polar surface area (TPSA) is 61.5 Å². The fourth-order valence-corrected chi connectivity index (χ4v) is 8.84. The van der Waals surface area contributed by atoms with Crippen LogP contribution in [0.1, 0.15) is 33.6 Å². The van der Waals surface area contributed by atoms with Gasteiger partial charge in [0.2, 0.25) is 0 Å². The lowest BCUT2D eigenvalue weighted by Crippen LogP contribution is -2.66. The van der Waals surface area contributed by atoms with Gasteiger partial charge in [0.05, 0.1) is 7.11 Å². The van der Waals surface area contributed by atoms with E-state index in [1.807, 2.05) is 12.1 Å². The van der Waals surface area contributed by atoms with Crippen molar-refractivity contribution in [3.05, 3.63) is 60.7 Å². The van der Waals surface area contributed by atoms with Gasteiger partial charge in [-0.25, -0.2) is 0 Å². The van der Waals surface area contributed by atoms with Crippen LogP contribution in [0.5, 0.6) is 0 Å². The van der Waals surface area contributed by atoms with Crippen LogP contribution in [0.4, 0.5) is 0 Å². The van der Waals surface area contributed by atoms with Crippen LogP contribution >= 0.6 is 0 Å². The fraction of sp³-hybridized carbons (Fsp3) is 0.435. The SMILES string of the molecule is COC(=O)[C@@]1(N)C[C@H]1CCO[Si](c1ccccc1)(c1ccccc1)C(C)(C)C. The molecule has 28 heavy (non-hydrogen) atoms. The summed E-state index contributed by atoms with van der Waals surface area (Å²) in [4.78, 5) is 11.9. The highest BCUT2D eigenvalue weighted by Crippen LogP contribution is 2.45. The first kappa shape index (κ1) is 20.8. The largest absolute Gasteiger partial charge is 0.468 e. The lowest BCUT2D eigenvalue weighted by atomic mass is 10.2. The van der Waals surface area contributed by atoms with E-state index in [0.717, 1.165) is 6.42 Å². The molecule has 2 aromatic carbocycles. The van der Waals surface area contributed by atoms with Crippen molar-refractivity contribution in [1.29, 1.82) is 0 Å². The van der Waals surface area contributed by atoms with Crippen LogP contribution in [0.2, 0.25) is 5.04 Å². The highest BCUT2D eigenvalue weighted by atomic mass is 28.4. The zero-order chi connectivity index (χ0) is 20.4. The van der Waals surface area contributed by atoms with Gasteiger partial charge in [-0.1, -0.05) is 81.4 Å². The van der Waals surface area contributed by atoms with E-state index in [0.29, 0.717) is 13.0 Å². The van der Waals surface area contributed by atoms with Crippen LogP contribution in [0.25, 0.3) is 0 Å². The first-order valence-electron chi connectivity index (χ1n) is 9.88. The maximum absolute atomic E-state index is 11.9. The third-order valence-electron chi connectivity index (χ3n) is 5.92. The van der Waals surface area contributed by atoms with E-state index in [9.17, 15) is 4.79 Å². The molecule has 0 spiro atoms. The molecule has 3 rings (SSSR count). The van der Waals surface area contributed by atoms with Crippen LogP contribution in [-0.2, 0) is 14.0 Å². The molecule has 5 heteroatoms. The minimum absolute atomic E-state index is 0.0542. The molecule has 0 bridgehead atoms. The molecule has 0 aliphatic heterocycles. The van der Waals surface area contributed by atoms with Crippen molar-refractivity contribution in [2.24, 2.45) is 11.7 Å². The molecule has 1 aliphatic rings. The Balaban J connectivity index is 1.89. The Hall–Kier alpha value is -1.95. The van der Waals surface area contributed by atoms with Gasteiger partial charge in [0, 0.05) is 6.61 Å². The van der Waals surface area contributed by atoms with Gasteiger partial charge in [-0.2, -0.15) is 0 Å². The van der Waals surface area contributed by atoms with Gasteiger partial charge in [-0.3, -0.25) is 4.79 Å². The summed E-state index contributed by atoms with van der Waals surface area (Å²) >= 11 is 0. The summed E-state index contributed by atoms with van der Waals surface area (Å²) in [5, 5.41) is 2.47. The first-order chi connectivity index (χ1) is 13.3. The molecule has 4 nitrogen and oxygen atoms in total. The number of hydrogen-bond acceptors (Lipinski definition) is 4. The highest BCUT2D eigenvalue weighted by Gasteiger charge is 2.58. The second-order valence-electron chi connectivity index (χ2n) is 8.73. The molecule has 0 saturated heterocycles. The van der Waals surface area contributed by atoms with E-state index < -0.39 is 13.9 Å². The summed E-state index contributed by atoms with van der Waals surface area (Å²) in [6.45, 7) is 7.36. The van der Waals surface area contributed by atoms with Crippen molar-refractivity contribution in [2.75, 3.05) is 13.7 Å². The number of carbonyl (C=O) groups excluding carboxylic acids is 1. The van der Waals surface area contributed by atoms with Crippen molar-refractivity contribution in [1.82, 2.24) is 0 Å².